The van der Waals surface area contributed by atoms with Crippen molar-refractivity contribution in [1.29, 1.82) is 0 Å². The third kappa shape index (κ3) is 2.40. The number of anilines is 2. The van der Waals surface area contributed by atoms with Crippen LogP contribution in [-0.4, -0.2) is 20.9 Å². The number of hydrogen-bond donors (Lipinski definition) is 2. The molecule has 6 nitrogen and oxygen atoms in total. The lowest BCUT2D eigenvalue weighted by Crippen LogP contribution is -2.30. The van der Waals surface area contributed by atoms with Crippen LogP contribution in [0.2, 0.25) is 0 Å². The quantitative estimate of drug-likeness (QED) is 0.828. The molecule has 2 heterocycles. The zero-order valence-electron chi connectivity index (χ0n) is 11.1. The highest BCUT2D eigenvalue weighted by Crippen LogP contribution is 2.21. The Labute approximate surface area is 116 Å². The number of urea groups is 1. The third-order valence-corrected chi connectivity index (χ3v) is 3.23. The summed E-state index contributed by atoms with van der Waals surface area (Å²) in [5.74, 6) is 0.240. The van der Waals surface area contributed by atoms with E-state index in [-0.39, 0.29) is 12.0 Å². The molecule has 0 spiro atoms. The minimum atomic E-state index is -0.146. The van der Waals surface area contributed by atoms with Crippen LogP contribution < -0.4 is 11.1 Å². The summed E-state index contributed by atoms with van der Waals surface area (Å²) < 4.78 is 0. The second kappa shape index (κ2) is 4.80. The molecule has 20 heavy (non-hydrogen) atoms. The van der Waals surface area contributed by atoms with Gasteiger partial charge >= 0.3 is 6.03 Å². The van der Waals surface area contributed by atoms with Crippen molar-refractivity contribution in [3.05, 3.63) is 47.3 Å². The van der Waals surface area contributed by atoms with Gasteiger partial charge in [0.05, 0.1) is 18.8 Å². The van der Waals surface area contributed by atoms with Crippen LogP contribution >= 0.6 is 0 Å². The number of hydrogen-bond acceptors (Lipinski definition) is 4. The average Bonchev–Trinajstić information content (AvgIpc) is 2.81. The number of nitrogens with two attached hydrogens (primary N) is 1. The van der Waals surface area contributed by atoms with Crippen LogP contribution in [0.5, 0.6) is 0 Å². The molecule has 2 amide bonds. The van der Waals surface area contributed by atoms with Crippen molar-refractivity contribution in [2.75, 3.05) is 11.1 Å². The molecule has 1 aliphatic rings. The Bertz CT molecular complexity index is 670. The first-order chi connectivity index (χ1) is 9.61. The molecule has 3 rings (SSSR count). The number of benzene rings is 1. The van der Waals surface area contributed by atoms with Gasteiger partial charge in [-0.3, -0.25) is 0 Å². The zero-order valence-corrected chi connectivity index (χ0v) is 11.1. The van der Waals surface area contributed by atoms with E-state index in [4.69, 9.17) is 5.73 Å². The molecule has 1 aliphatic heterocycles. The SMILES string of the molecule is Cc1cccc(NC(=O)N2Cc3cnc(N)nc3C2)c1. The van der Waals surface area contributed by atoms with Crippen LogP contribution in [-0.2, 0) is 13.1 Å². The topological polar surface area (TPSA) is 84.1 Å². The van der Waals surface area contributed by atoms with E-state index in [1.165, 1.54) is 0 Å². The fourth-order valence-corrected chi connectivity index (χ4v) is 2.24. The van der Waals surface area contributed by atoms with Crippen molar-refractivity contribution < 1.29 is 4.79 Å². The largest absolute Gasteiger partial charge is 0.368 e. The first-order valence-corrected chi connectivity index (χ1v) is 6.35. The van der Waals surface area contributed by atoms with Gasteiger partial charge in [-0.15, -0.1) is 0 Å². The Morgan fingerprint density at radius 1 is 1.40 bits per heavy atom. The minimum Gasteiger partial charge on any atom is -0.368 e. The van der Waals surface area contributed by atoms with Crippen molar-refractivity contribution in [3.63, 3.8) is 0 Å². The molecule has 0 bridgehead atoms. The summed E-state index contributed by atoms with van der Waals surface area (Å²) in [6.07, 6.45) is 1.68. The van der Waals surface area contributed by atoms with Crippen molar-refractivity contribution in [1.82, 2.24) is 14.9 Å². The van der Waals surface area contributed by atoms with Gasteiger partial charge in [-0.25, -0.2) is 14.8 Å². The van der Waals surface area contributed by atoms with E-state index in [2.05, 4.69) is 15.3 Å². The molecule has 2 aromatic rings. The lowest BCUT2D eigenvalue weighted by Gasteiger charge is -2.16. The molecule has 102 valence electrons. The Kier molecular flexibility index (Phi) is 2.98. The summed E-state index contributed by atoms with van der Waals surface area (Å²) in [6, 6.07) is 7.55. The van der Waals surface area contributed by atoms with Crippen molar-refractivity contribution >= 4 is 17.7 Å². The number of amides is 2. The van der Waals surface area contributed by atoms with Gasteiger partial charge in [0.2, 0.25) is 5.95 Å². The van der Waals surface area contributed by atoms with Crippen LogP contribution in [0, 0.1) is 6.92 Å². The number of nitrogens with zero attached hydrogens (tertiary/aromatic N) is 3. The van der Waals surface area contributed by atoms with Gasteiger partial charge in [-0.1, -0.05) is 12.1 Å². The number of aryl methyl sites for hydroxylation is 1. The van der Waals surface area contributed by atoms with Crippen LogP contribution in [0.3, 0.4) is 0 Å². The van der Waals surface area contributed by atoms with Crippen LogP contribution in [0.15, 0.2) is 30.5 Å². The van der Waals surface area contributed by atoms with E-state index in [1.807, 2.05) is 31.2 Å². The molecule has 0 fully saturated rings. The highest BCUT2D eigenvalue weighted by atomic mass is 16.2. The Morgan fingerprint density at radius 3 is 3.05 bits per heavy atom. The molecule has 0 unspecified atom stereocenters. The maximum atomic E-state index is 12.2. The summed E-state index contributed by atoms with van der Waals surface area (Å²) >= 11 is 0. The number of aromatic nitrogens is 2. The van der Waals surface area contributed by atoms with Gasteiger partial charge in [0.15, 0.2) is 0 Å². The third-order valence-electron chi connectivity index (χ3n) is 3.23. The smallest absolute Gasteiger partial charge is 0.322 e. The molecular weight excluding hydrogens is 254 g/mol. The molecule has 6 heteroatoms. The number of nitrogen functional groups attached to an aromatic ring is 1. The normalized spacial score (nSPS) is 13.2. The lowest BCUT2D eigenvalue weighted by atomic mass is 10.2. The van der Waals surface area contributed by atoms with E-state index in [9.17, 15) is 4.79 Å². The first kappa shape index (κ1) is 12.4. The van der Waals surface area contributed by atoms with Gasteiger partial charge in [0.25, 0.3) is 0 Å². The molecule has 0 saturated carbocycles. The summed E-state index contributed by atoms with van der Waals surface area (Å²) in [6.45, 7) is 2.95. The molecule has 3 N–H and O–H groups in total. The fraction of sp³-hybridized carbons (Fsp3) is 0.214. The summed E-state index contributed by atoms with van der Waals surface area (Å²) in [7, 11) is 0. The maximum absolute atomic E-state index is 12.2. The van der Waals surface area contributed by atoms with E-state index in [1.54, 1.807) is 11.1 Å². The van der Waals surface area contributed by atoms with Crippen LogP contribution in [0.1, 0.15) is 16.8 Å². The number of fused-ring (bicyclic) bond motifs is 1. The Balaban J connectivity index is 1.71. The van der Waals surface area contributed by atoms with E-state index in [0.717, 1.165) is 22.5 Å². The number of carbonyl (C=O) groups is 1. The highest BCUT2D eigenvalue weighted by molar-refractivity contribution is 5.89. The molecule has 1 aromatic heterocycles. The summed E-state index contributed by atoms with van der Waals surface area (Å²) in [5, 5.41) is 2.88. The highest BCUT2D eigenvalue weighted by Gasteiger charge is 2.25. The first-order valence-electron chi connectivity index (χ1n) is 6.35. The average molecular weight is 269 g/mol. The number of nitrogens with one attached hydrogen (secondary N) is 1. The standard InChI is InChI=1S/C14H15N5O/c1-9-3-2-4-11(5-9)17-14(20)19-7-10-6-16-13(15)18-12(10)8-19/h2-6H,7-8H2,1H3,(H,17,20)(H2,15,16,18). The van der Waals surface area contributed by atoms with E-state index in [0.29, 0.717) is 13.1 Å². The summed E-state index contributed by atoms with van der Waals surface area (Å²) in [5.41, 5.74) is 9.20. The van der Waals surface area contributed by atoms with E-state index >= 15 is 0 Å². The molecule has 0 saturated heterocycles. The van der Waals surface area contributed by atoms with E-state index < -0.39 is 0 Å². The molecule has 0 radical (unpaired) electrons. The number of carbonyl (C=O) groups excluding carboxylic acids is 1. The van der Waals surface area contributed by atoms with Gasteiger partial charge < -0.3 is 16.0 Å². The van der Waals surface area contributed by atoms with Crippen LogP contribution in [0.4, 0.5) is 16.4 Å². The Morgan fingerprint density at radius 2 is 2.25 bits per heavy atom. The fourth-order valence-electron chi connectivity index (χ4n) is 2.24. The second-order valence-electron chi connectivity index (χ2n) is 4.86. The maximum Gasteiger partial charge on any atom is 0.322 e. The minimum absolute atomic E-state index is 0.146. The predicted octanol–water partition coefficient (Wildman–Crippen LogP) is 1.91. The predicted molar refractivity (Wildman–Crippen MR) is 75.9 cm³/mol. The van der Waals surface area contributed by atoms with Crippen molar-refractivity contribution in [3.8, 4) is 0 Å². The number of rotatable bonds is 1. The zero-order chi connectivity index (χ0) is 14.1. The Hall–Kier alpha value is -2.63. The van der Waals surface area contributed by atoms with Gasteiger partial charge in [-0.2, -0.15) is 0 Å². The second-order valence-corrected chi connectivity index (χ2v) is 4.86. The molecule has 1 aromatic carbocycles. The lowest BCUT2D eigenvalue weighted by molar-refractivity contribution is 0.212. The molecule has 0 aliphatic carbocycles. The van der Waals surface area contributed by atoms with Gasteiger partial charge in [-0.05, 0) is 24.6 Å². The van der Waals surface area contributed by atoms with Crippen molar-refractivity contribution in [2.45, 2.75) is 20.0 Å². The monoisotopic (exact) mass is 269 g/mol. The van der Waals surface area contributed by atoms with Gasteiger partial charge in [0, 0.05) is 17.4 Å². The summed E-state index contributed by atoms with van der Waals surface area (Å²) in [4.78, 5) is 22.0. The van der Waals surface area contributed by atoms with Crippen molar-refractivity contribution in [2.24, 2.45) is 0 Å². The van der Waals surface area contributed by atoms with Gasteiger partial charge in [0.1, 0.15) is 0 Å². The molecule has 0 atom stereocenters. The van der Waals surface area contributed by atoms with Crippen LogP contribution in [0.25, 0.3) is 0 Å². The molecular formula is C14H15N5O.